The van der Waals surface area contributed by atoms with E-state index in [4.69, 9.17) is 4.74 Å². The molecule has 1 aliphatic heterocycles. The molecule has 2 rings (SSSR count). The topological polar surface area (TPSA) is 75.6 Å². The molecule has 23 heavy (non-hydrogen) atoms. The lowest BCUT2D eigenvalue weighted by Gasteiger charge is -2.36. The molecule has 1 fully saturated rings. The van der Waals surface area contributed by atoms with Crippen molar-refractivity contribution in [3.8, 4) is 5.88 Å². The molecule has 7 nitrogen and oxygen atoms in total. The highest BCUT2D eigenvalue weighted by Crippen LogP contribution is 2.28. The number of aromatic nitrogens is 2. The highest BCUT2D eigenvalue weighted by molar-refractivity contribution is 7.89. The maximum Gasteiger partial charge on any atom is 0.257 e. The molecule has 1 saturated heterocycles. The molecule has 1 aliphatic rings. The van der Waals surface area contributed by atoms with Gasteiger partial charge >= 0.3 is 0 Å². The fraction of sp³-hybridized carbons (Fsp3) is 0.733. The van der Waals surface area contributed by atoms with E-state index < -0.39 is 10.0 Å². The first-order valence-corrected chi connectivity index (χ1v) is 9.64. The lowest BCUT2D eigenvalue weighted by atomic mass is 10.1. The highest BCUT2D eigenvalue weighted by atomic mass is 32.2. The van der Waals surface area contributed by atoms with Crippen molar-refractivity contribution in [2.75, 3.05) is 30.8 Å². The number of hydrogen-bond acceptors (Lipinski definition) is 6. The van der Waals surface area contributed by atoms with Gasteiger partial charge in [-0.25, -0.2) is 22.7 Å². The van der Waals surface area contributed by atoms with E-state index in [1.165, 1.54) is 4.31 Å². The molecular formula is C15H26N4O3S. The van der Waals surface area contributed by atoms with Crippen molar-refractivity contribution in [1.29, 1.82) is 0 Å². The molecule has 0 aromatic carbocycles. The predicted molar refractivity (Wildman–Crippen MR) is 90.3 cm³/mol. The Morgan fingerprint density at radius 2 is 1.91 bits per heavy atom. The van der Waals surface area contributed by atoms with Crippen molar-refractivity contribution < 1.29 is 13.2 Å². The Bertz CT molecular complexity index is 613. The summed E-state index contributed by atoms with van der Waals surface area (Å²) in [5.41, 5.74) is 0. The summed E-state index contributed by atoms with van der Waals surface area (Å²) in [6, 6.07) is 0.0438. The molecule has 0 unspecified atom stereocenters. The third kappa shape index (κ3) is 4.32. The zero-order chi connectivity index (χ0) is 17.0. The molecule has 0 amide bonds. The van der Waals surface area contributed by atoms with Crippen LogP contribution in [0.4, 0.5) is 5.82 Å². The zero-order valence-electron chi connectivity index (χ0n) is 14.3. The molecule has 2 heterocycles. The van der Waals surface area contributed by atoms with Gasteiger partial charge in [-0.05, 0) is 33.6 Å². The normalized spacial score (nSPS) is 17.0. The average molecular weight is 342 g/mol. The Labute approximate surface area is 138 Å². The summed E-state index contributed by atoms with van der Waals surface area (Å²) < 4.78 is 31.2. The highest BCUT2D eigenvalue weighted by Gasteiger charge is 2.30. The summed E-state index contributed by atoms with van der Waals surface area (Å²) in [7, 11) is -1.47. The van der Waals surface area contributed by atoms with Crippen LogP contribution in [0.5, 0.6) is 5.88 Å². The van der Waals surface area contributed by atoms with E-state index in [-0.39, 0.29) is 17.9 Å². The Morgan fingerprint density at radius 1 is 1.30 bits per heavy atom. The number of piperidine rings is 1. The fourth-order valence-electron chi connectivity index (χ4n) is 2.71. The van der Waals surface area contributed by atoms with Gasteiger partial charge in [0.25, 0.3) is 5.88 Å². The van der Waals surface area contributed by atoms with Crippen LogP contribution in [-0.2, 0) is 10.0 Å². The summed E-state index contributed by atoms with van der Waals surface area (Å²) in [5, 5.41) is 0. The second-order valence-electron chi connectivity index (χ2n) is 5.99. The molecule has 130 valence electrons. The number of ether oxygens (including phenoxy) is 1. The average Bonchev–Trinajstić information content (AvgIpc) is 2.54. The molecule has 1 aromatic rings. The number of anilines is 1. The molecule has 0 spiro atoms. The van der Waals surface area contributed by atoms with Gasteiger partial charge in [0.2, 0.25) is 10.0 Å². The maximum absolute atomic E-state index is 12.0. The monoisotopic (exact) mass is 342 g/mol. The number of rotatable bonds is 6. The smallest absolute Gasteiger partial charge is 0.257 e. The van der Waals surface area contributed by atoms with Crippen molar-refractivity contribution in [2.24, 2.45) is 0 Å². The minimum Gasteiger partial charge on any atom is -0.472 e. The molecule has 0 saturated carbocycles. The van der Waals surface area contributed by atoms with Crippen LogP contribution in [0.25, 0.3) is 0 Å². The van der Waals surface area contributed by atoms with Crippen LogP contribution in [0.3, 0.4) is 0 Å². The molecule has 0 radical (unpaired) electrons. The SMILES string of the molecule is CCS(=O)(=O)N(C)C1CCN(c2nccnc2OC(C)C)CC1. The summed E-state index contributed by atoms with van der Waals surface area (Å²) in [4.78, 5) is 10.8. The van der Waals surface area contributed by atoms with Crippen molar-refractivity contribution >= 4 is 15.8 Å². The van der Waals surface area contributed by atoms with Crippen LogP contribution < -0.4 is 9.64 Å². The van der Waals surface area contributed by atoms with Gasteiger partial charge in [0.05, 0.1) is 11.9 Å². The zero-order valence-corrected chi connectivity index (χ0v) is 15.1. The van der Waals surface area contributed by atoms with Crippen LogP contribution in [0.2, 0.25) is 0 Å². The van der Waals surface area contributed by atoms with E-state index in [0.29, 0.717) is 5.88 Å². The Balaban J connectivity index is 2.05. The van der Waals surface area contributed by atoms with E-state index in [1.54, 1.807) is 26.4 Å². The molecule has 0 N–H and O–H groups in total. The van der Waals surface area contributed by atoms with Crippen LogP contribution in [0, 0.1) is 0 Å². The number of nitrogens with zero attached hydrogens (tertiary/aromatic N) is 4. The van der Waals surface area contributed by atoms with Crippen LogP contribution in [0.15, 0.2) is 12.4 Å². The standard InChI is InChI=1S/C15H26N4O3S/c1-5-23(20,21)18(4)13-6-10-19(11-7-13)14-15(22-12(2)3)17-9-8-16-14/h8-9,12-13H,5-7,10-11H2,1-4H3. The van der Waals surface area contributed by atoms with Crippen molar-refractivity contribution in [3.63, 3.8) is 0 Å². The minimum absolute atomic E-state index is 0.0313. The van der Waals surface area contributed by atoms with Gasteiger partial charge in [-0.2, -0.15) is 0 Å². The first-order valence-electron chi connectivity index (χ1n) is 8.03. The maximum atomic E-state index is 12.0. The number of hydrogen-bond donors (Lipinski definition) is 0. The van der Waals surface area contributed by atoms with Crippen molar-refractivity contribution in [2.45, 2.75) is 45.8 Å². The molecule has 0 bridgehead atoms. The largest absolute Gasteiger partial charge is 0.472 e. The Morgan fingerprint density at radius 3 is 2.48 bits per heavy atom. The summed E-state index contributed by atoms with van der Waals surface area (Å²) in [6.45, 7) is 7.06. The molecule has 0 aliphatic carbocycles. The second kappa shape index (κ2) is 7.44. The van der Waals surface area contributed by atoms with Gasteiger partial charge in [0.15, 0.2) is 5.82 Å². The number of sulfonamides is 1. The van der Waals surface area contributed by atoms with E-state index in [2.05, 4.69) is 14.9 Å². The quantitative estimate of drug-likeness (QED) is 0.780. The first-order chi connectivity index (χ1) is 10.8. The lowest BCUT2D eigenvalue weighted by Crippen LogP contribution is -2.46. The van der Waals surface area contributed by atoms with Gasteiger partial charge in [-0.3, -0.25) is 0 Å². The third-order valence-corrected chi connectivity index (χ3v) is 5.98. The Kier molecular flexibility index (Phi) is 5.80. The fourth-order valence-corrected chi connectivity index (χ4v) is 3.79. The van der Waals surface area contributed by atoms with E-state index >= 15 is 0 Å². The predicted octanol–water partition coefficient (Wildman–Crippen LogP) is 1.51. The third-order valence-electron chi connectivity index (χ3n) is 4.08. The van der Waals surface area contributed by atoms with Gasteiger partial charge in [-0.1, -0.05) is 0 Å². The van der Waals surface area contributed by atoms with Gasteiger partial charge in [0.1, 0.15) is 0 Å². The van der Waals surface area contributed by atoms with Crippen LogP contribution >= 0.6 is 0 Å². The first kappa shape index (κ1) is 17.9. The molecule has 8 heteroatoms. The van der Waals surface area contributed by atoms with E-state index in [9.17, 15) is 8.42 Å². The molecule has 1 aromatic heterocycles. The lowest BCUT2D eigenvalue weighted by molar-refractivity contribution is 0.231. The summed E-state index contributed by atoms with van der Waals surface area (Å²) in [6.07, 6.45) is 4.85. The van der Waals surface area contributed by atoms with Gasteiger partial charge in [0, 0.05) is 38.6 Å². The summed E-state index contributed by atoms with van der Waals surface area (Å²) in [5.74, 6) is 1.41. The van der Waals surface area contributed by atoms with Crippen molar-refractivity contribution in [1.82, 2.24) is 14.3 Å². The van der Waals surface area contributed by atoms with Crippen molar-refractivity contribution in [3.05, 3.63) is 12.4 Å². The molecular weight excluding hydrogens is 316 g/mol. The van der Waals surface area contributed by atoms with Crippen LogP contribution in [-0.4, -0.2) is 60.7 Å². The minimum atomic E-state index is -3.14. The van der Waals surface area contributed by atoms with Crippen LogP contribution in [0.1, 0.15) is 33.6 Å². The van der Waals surface area contributed by atoms with Gasteiger partial charge < -0.3 is 9.64 Å². The molecule has 0 atom stereocenters. The summed E-state index contributed by atoms with van der Waals surface area (Å²) >= 11 is 0. The van der Waals surface area contributed by atoms with Gasteiger partial charge in [-0.15, -0.1) is 0 Å². The second-order valence-corrected chi connectivity index (χ2v) is 8.30. The Hall–Kier alpha value is -1.41. The van der Waals surface area contributed by atoms with E-state index in [0.717, 1.165) is 31.7 Å². The van der Waals surface area contributed by atoms with E-state index in [1.807, 2.05) is 13.8 Å².